The van der Waals surface area contributed by atoms with E-state index in [1.807, 2.05) is 60.4 Å². The molecule has 1 aliphatic carbocycles. The van der Waals surface area contributed by atoms with E-state index in [2.05, 4.69) is 0 Å². The second-order valence-electron chi connectivity index (χ2n) is 6.80. The molecule has 1 aromatic heterocycles. The first-order valence-electron chi connectivity index (χ1n) is 8.75. The SMILES string of the molecule is CN(Cc1ccccc1-n1cccc1)C(=O)C1CCC(C(=O)O)CC1. The third-order valence-electron chi connectivity index (χ3n) is 5.08. The highest BCUT2D eigenvalue weighted by molar-refractivity contribution is 5.79. The van der Waals surface area contributed by atoms with E-state index in [0.717, 1.165) is 11.3 Å². The minimum absolute atomic E-state index is 0.0562. The number of carbonyl (C=O) groups is 2. The standard InChI is InChI=1S/C20H24N2O3/c1-21(19(23)15-8-10-16(11-9-15)20(24)25)14-17-6-2-3-7-18(17)22-12-4-5-13-22/h2-7,12-13,15-16H,8-11,14H2,1H3,(H,24,25). The summed E-state index contributed by atoms with van der Waals surface area (Å²) in [6, 6.07) is 12.0. The van der Waals surface area contributed by atoms with E-state index in [1.165, 1.54) is 0 Å². The zero-order valence-corrected chi connectivity index (χ0v) is 14.5. The highest BCUT2D eigenvalue weighted by Crippen LogP contribution is 2.30. The molecule has 1 aliphatic rings. The van der Waals surface area contributed by atoms with E-state index in [9.17, 15) is 9.59 Å². The Morgan fingerprint density at radius 1 is 1.04 bits per heavy atom. The number of carboxylic acids is 1. The van der Waals surface area contributed by atoms with Gasteiger partial charge in [0.1, 0.15) is 0 Å². The molecule has 0 aliphatic heterocycles. The molecule has 0 radical (unpaired) electrons. The molecule has 132 valence electrons. The molecule has 0 saturated heterocycles. The molecule has 0 spiro atoms. The smallest absolute Gasteiger partial charge is 0.306 e. The van der Waals surface area contributed by atoms with Gasteiger partial charge >= 0.3 is 5.97 Å². The topological polar surface area (TPSA) is 62.5 Å². The molecule has 3 rings (SSSR count). The van der Waals surface area contributed by atoms with Gasteiger partial charge in [0, 0.05) is 37.6 Å². The molecule has 1 aromatic carbocycles. The highest BCUT2D eigenvalue weighted by atomic mass is 16.4. The fourth-order valence-corrected chi connectivity index (χ4v) is 3.62. The number of hydrogen-bond acceptors (Lipinski definition) is 2. The van der Waals surface area contributed by atoms with Crippen LogP contribution in [-0.4, -0.2) is 33.5 Å². The Bertz CT molecular complexity index is 731. The minimum Gasteiger partial charge on any atom is -0.481 e. The monoisotopic (exact) mass is 340 g/mol. The van der Waals surface area contributed by atoms with Crippen molar-refractivity contribution in [3.8, 4) is 5.69 Å². The fraction of sp³-hybridized carbons (Fsp3) is 0.400. The van der Waals surface area contributed by atoms with Gasteiger partial charge in [0.25, 0.3) is 0 Å². The molecule has 5 nitrogen and oxygen atoms in total. The predicted octanol–water partition coefficient (Wildman–Crippen LogP) is 3.33. The van der Waals surface area contributed by atoms with Crippen LogP contribution in [0.2, 0.25) is 0 Å². The van der Waals surface area contributed by atoms with Crippen LogP contribution in [0.3, 0.4) is 0 Å². The third kappa shape index (κ3) is 3.92. The van der Waals surface area contributed by atoms with Gasteiger partial charge in [0.05, 0.1) is 5.92 Å². The highest BCUT2D eigenvalue weighted by Gasteiger charge is 2.31. The van der Waals surface area contributed by atoms with Crippen molar-refractivity contribution in [2.75, 3.05) is 7.05 Å². The van der Waals surface area contributed by atoms with Gasteiger partial charge in [-0.05, 0) is 49.4 Å². The zero-order valence-electron chi connectivity index (χ0n) is 14.5. The van der Waals surface area contributed by atoms with Crippen LogP contribution in [0.15, 0.2) is 48.8 Å². The van der Waals surface area contributed by atoms with Crippen LogP contribution in [-0.2, 0) is 16.1 Å². The van der Waals surface area contributed by atoms with Crippen LogP contribution in [0.25, 0.3) is 5.69 Å². The third-order valence-corrected chi connectivity index (χ3v) is 5.08. The van der Waals surface area contributed by atoms with Crippen LogP contribution < -0.4 is 0 Å². The van der Waals surface area contributed by atoms with Crippen molar-refractivity contribution >= 4 is 11.9 Å². The summed E-state index contributed by atoms with van der Waals surface area (Å²) in [6.07, 6.45) is 6.51. The van der Waals surface area contributed by atoms with Gasteiger partial charge in [-0.15, -0.1) is 0 Å². The molecule has 1 heterocycles. The normalized spacial score (nSPS) is 20.2. The van der Waals surface area contributed by atoms with Crippen molar-refractivity contribution in [1.82, 2.24) is 9.47 Å². The molecule has 1 amide bonds. The molecule has 1 N–H and O–H groups in total. The Morgan fingerprint density at radius 2 is 1.64 bits per heavy atom. The number of aliphatic carboxylic acids is 1. The van der Waals surface area contributed by atoms with Gasteiger partial charge in [0.2, 0.25) is 5.91 Å². The first-order valence-corrected chi connectivity index (χ1v) is 8.75. The Balaban J connectivity index is 1.66. The summed E-state index contributed by atoms with van der Waals surface area (Å²) in [5.74, 6) is -0.964. The van der Waals surface area contributed by atoms with E-state index in [4.69, 9.17) is 5.11 Å². The second-order valence-corrected chi connectivity index (χ2v) is 6.80. The Kier molecular flexibility index (Phi) is 5.22. The summed E-state index contributed by atoms with van der Waals surface area (Å²) in [7, 11) is 1.83. The van der Waals surface area contributed by atoms with Crippen LogP contribution in [0.1, 0.15) is 31.2 Å². The first kappa shape index (κ1) is 17.3. The summed E-state index contributed by atoms with van der Waals surface area (Å²) in [6.45, 7) is 0.548. The molecule has 0 unspecified atom stereocenters. The average Bonchev–Trinajstić information content (AvgIpc) is 3.16. The maximum atomic E-state index is 12.7. The van der Waals surface area contributed by atoms with Crippen LogP contribution in [0.5, 0.6) is 0 Å². The molecule has 0 bridgehead atoms. The summed E-state index contributed by atoms with van der Waals surface area (Å²) >= 11 is 0. The van der Waals surface area contributed by atoms with Gasteiger partial charge in [-0.3, -0.25) is 9.59 Å². The van der Waals surface area contributed by atoms with E-state index in [0.29, 0.717) is 32.2 Å². The Morgan fingerprint density at radius 3 is 2.28 bits per heavy atom. The van der Waals surface area contributed by atoms with Gasteiger partial charge in [-0.2, -0.15) is 0 Å². The number of hydrogen-bond donors (Lipinski definition) is 1. The molecule has 1 fully saturated rings. The lowest BCUT2D eigenvalue weighted by atomic mass is 9.81. The summed E-state index contributed by atoms with van der Waals surface area (Å²) < 4.78 is 2.05. The number of nitrogens with zero attached hydrogens (tertiary/aromatic N) is 2. The van der Waals surface area contributed by atoms with Crippen LogP contribution in [0, 0.1) is 11.8 Å². The fourth-order valence-electron chi connectivity index (χ4n) is 3.62. The number of carboxylic acid groups (broad SMARTS) is 1. The van der Waals surface area contributed by atoms with Crippen molar-refractivity contribution in [2.45, 2.75) is 32.2 Å². The molecule has 2 aromatic rings. The van der Waals surface area contributed by atoms with Crippen molar-refractivity contribution < 1.29 is 14.7 Å². The van der Waals surface area contributed by atoms with Gasteiger partial charge in [-0.25, -0.2) is 0 Å². The van der Waals surface area contributed by atoms with Crippen molar-refractivity contribution in [3.05, 3.63) is 54.4 Å². The number of carbonyl (C=O) groups excluding carboxylic acids is 1. The van der Waals surface area contributed by atoms with Crippen LogP contribution >= 0.6 is 0 Å². The second kappa shape index (κ2) is 7.55. The Hall–Kier alpha value is -2.56. The molecule has 5 heteroatoms. The number of para-hydroxylation sites is 1. The summed E-state index contributed by atoms with van der Waals surface area (Å²) in [4.78, 5) is 25.6. The molecular formula is C20H24N2O3. The molecule has 1 saturated carbocycles. The maximum absolute atomic E-state index is 12.7. The quantitative estimate of drug-likeness (QED) is 0.908. The van der Waals surface area contributed by atoms with E-state index in [-0.39, 0.29) is 17.7 Å². The summed E-state index contributed by atoms with van der Waals surface area (Å²) in [5, 5.41) is 9.09. The number of aromatic nitrogens is 1. The number of rotatable bonds is 5. The molecular weight excluding hydrogens is 316 g/mol. The average molecular weight is 340 g/mol. The van der Waals surface area contributed by atoms with Crippen LogP contribution in [0.4, 0.5) is 0 Å². The van der Waals surface area contributed by atoms with Gasteiger partial charge in [0.15, 0.2) is 0 Å². The van der Waals surface area contributed by atoms with Gasteiger partial charge < -0.3 is 14.6 Å². The van der Waals surface area contributed by atoms with Crippen molar-refractivity contribution in [1.29, 1.82) is 0 Å². The maximum Gasteiger partial charge on any atom is 0.306 e. The zero-order chi connectivity index (χ0) is 17.8. The molecule has 25 heavy (non-hydrogen) atoms. The van der Waals surface area contributed by atoms with Crippen molar-refractivity contribution in [2.24, 2.45) is 11.8 Å². The van der Waals surface area contributed by atoms with Gasteiger partial charge in [-0.1, -0.05) is 18.2 Å². The first-order chi connectivity index (χ1) is 12.1. The van der Waals surface area contributed by atoms with Crippen molar-refractivity contribution in [3.63, 3.8) is 0 Å². The van der Waals surface area contributed by atoms with E-state index < -0.39 is 5.97 Å². The number of benzene rings is 1. The summed E-state index contributed by atoms with van der Waals surface area (Å²) in [5.41, 5.74) is 2.16. The lowest BCUT2D eigenvalue weighted by Crippen LogP contribution is -2.35. The molecule has 0 atom stereocenters. The number of amides is 1. The van der Waals surface area contributed by atoms with E-state index >= 15 is 0 Å². The Labute approximate surface area is 147 Å². The largest absolute Gasteiger partial charge is 0.481 e. The lowest BCUT2D eigenvalue weighted by Gasteiger charge is -2.29. The van der Waals surface area contributed by atoms with E-state index in [1.54, 1.807) is 4.90 Å². The predicted molar refractivity (Wildman–Crippen MR) is 95.3 cm³/mol. The lowest BCUT2D eigenvalue weighted by molar-refractivity contribution is -0.145. The minimum atomic E-state index is -0.736.